The Morgan fingerprint density at radius 2 is 1.07 bits per heavy atom. The van der Waals surface area contributed by atoms with Crippen molar-refractivity contribution in [3.8, 4) is 0 Å². The molecule has 6 heteroatoms. The molecule has 0 aromatic heterocycles. The second kappa shape index (κ2) is 21.7. The van der Waals surface area contributed by atoms with Gasteiger partial charge in [0.25, 0.3) is 0 Å². The van der Waals surface area contributed by atoms with Gasteiger partial charge in [-0.2, -0.15) is 0 Å². The summed E-state index contributed by atoms with van der Waals surface area (Å²) >= 11 is 0. The minimum atomic E-state index is -0.375. The smallest absolute Gasteiger partial charge is 0.334 e. The highest BCUT2D eigenvalue weighted by molar-refractivity contribution is 5.90. The summed E-state index contributed by atoms with van der Waals surface area (Å²) in [5.74, 6) is -0.118. The number of esters is 1. The Bertz CT molecular complexity index is 768. The molecule has 7 atom stereocenters. The first-order chi connectivity index (χ1) is 21.0. The van der Waals surface area contributed by atoms with Crippen LogP contribution in [-0.4, -0.2) is 58.9 Å². The molecule has 3 rings (SSSR count). The highest BCUT2D eigenvalue weighted by atomic mass is 16.6. The maximum absolute atomic E-state index is 11.6. The quantitative estimate of drug-likeness (QED) is 0.0797. The Hall–Kier alpha value is -0.950. The van der Waals surface area contributed by atoms with Gasteiger partial charge in [-0.15, -0.1) is 0 Å². The van der Waals surface area contributed by atoms with E-state index in [1.54, 1.807) is 0 Å². The Morgan fingerprint density at radius 3 is 1.49 bits per heavy atom. The lowest BCUT2D eigenvalue weighted by Crippen LogP contribution is -2.33. The average molecular weight is 607 g/mol. The third-order valence-corrected chi connectivity index (χ3v) is 9.98. The van der Waals surface area contributed by atoms with Gasteiger partial charge < -0.3 is 24.4 Å². The monoisotopic (exact) mass is 606 g/mol. The summed E-state index contributed by atoms with van der Waals surface area (Å²) in [6, 6.07) is 0. The minimum Gasteiger partial charge on any atom is -0.455 e. The third kappa shape index (κ3) is 14.3. The van der Waals surface area contributed by atoms with E-state index >= 15 is 0 Å². The zero-order valence-electron chi connectivity index (χ0n) is 27.8. The van der Waals surface area contributed by atoms with Crippen molar-refractivity contribution in [3.05, 3.63) is 11.6 Å². The Morgan fingerprint density at radius 1 is 0.651 bits per heavy atom. The van der Waals surface area contributed by atoms with Crippen LogP contribution in [0.2, 0.25) is 0 Å². The maximum Gasteiger partial charge on any atom is 0.334 e. The fraction of sp³-hybridized carbons (Fsp3) is 0.919. The van der Waals surface area contributed by atoms with Gasteiger partial charge in [0.05, 0.1) is 36.6 Å². The lowest BCUT2D eigenvalue weighted by atomic mass is 10.0. The molecule has 3 aliphatic heterocycles. The number of rotatable bonds is 25. The van der Waals surface area contributed by atoms with Crippen molar-refractivity contribution < 1.29 is 29.2 Å². The molecule has 0 bridgehead atoms. The molecule has 43 heavy (non-hydrogen) atoms. The van der Waals surface area contributed by atoms with Gasteiger partial charge in [0, 0.05) is 5.57 Å². The highest BCUT2D eigenvalue weighted by Gasteiger charge is 2.40. The van der Waals surface area contributed by atoms with Crippen molar-refractivity contribution in [3.63, 3.8) is 0 Å². The van der Waals surface area contributed by atoms with Crippen LogP contribution in [0.5, 0.6) is 0 Å². The van der Waals surface area contributed by atoms with Gasteiger partial charge in [-0.3, -0.25) is 0 Å². The molecule has 2 fully saturated rings. The molecule has 2 N–H and O–H groups in total. The second-order valence-electron chi connectivity index (χ2n) is 13.9. The molecular weight excluding hydrogens is 540 g/mol. The SMILES string of the molecule is CCCCCCCCCC[C@H](O)C1CC[C@H](C2CC[C@H]([C@H](O)CCCCCCCCCCCCC3=C[C@H](C)OC3=O)O2)O1. The lowest BCUT2D eigenvalue weighted by Gasteiger charge is -2.24. The topological polar surface area (TPSA) is 85.2 Å². The van der Waals surface area contributed by atoms with Gasteiger partial charge in [0.1, 0.15) is 6.10 Å². The van der Waals surface area contributed by atoms with Crippen molar-refractivity contribution in [2.24, 2.45) is 0 Å². The van der Waals surface area contributed by atoms with Crippen molar-refractivity contribution in [1.29, 1.82) is 0 Å². The van der Waals surface area contributed by atoms with Crippen molar-refractivity contribution in [2.45, 2.75) is 217 Å². The number of cyclic esters (lactones) is 1. The number of carbonyl (C=O) groups excluding carboxylic acids is 1. The Labute approximate surface area is 263 Å². The van der Waals surface area contributed by atoms with E-state index in [4.69, 9.17) is 14.2 Å². The van der Waals surface area contributed by atoms with Crippen LogP contribution in [0.15, 0.2) is 11.6 Å². The fourth-order valence-corrected chi connectivity index (χ4v) is 7.25. The van der Waals surface area contributed by atoms with E-state index in [0.717, 1.165) is 69.8 Å². The first kappa shape index (κ1) is 36.5. The van der Waals surface area contributed by atoms with E-state index in [-0.39, 0.29) is 48.7 Å². The highest BCUT2D eigenvalue weighted by Crippen LogP contribution is 2.34. The van der Waals surface area contributed by atoms with Crippen molar-refractivity contribution >= 4 is 5.97 Å². The van der Waals surface area contributed by atoms with Gasteiger partial charge >= 0.3 is 5.97 Å². The molecule has 0 aromatic rings. The van der Waals surface area contributed by atoms with E-state index in [2.05, 4.69) is 6.92 Å². The number of ether oxygens (including phenoxy) is 3. The van der Waals surface area contributed by atoms with Gasteiger partial charge in [-0.1, -0.05) is 116 Å². The number of unbranched alkanes of at least 4 members (excludes halogenated alkanes) is 16. The summed E-state index contributed by atoms with van der Waals surface area (Å²) in [6.45, 7) is 4.17. The molecule has 0 aromatic carbocycles. The van der Waals surface area contributed by atoms with E-state index < -0.39 is 0 Å². The molecule has 0 saturated carbocycles. The standard InChI is InChI=1S/C37H66O6/c1-3-4-5-6-7-13-16-19-22-31(38)33-24-26-35(42-33)36-27-25-34(43-36)32(39)23-20-17-14-11-9-8-10-12-15-18-21-30-28-29(2)41-37(30)40/h28-29,31-36,38-39H,3-27H2,1-2H3/t29-,31-,32+,33?,34+,35+,36?/m0/s1. The summed E-state index contributed by atoms with van der Waals surface area (Å²) in [5.41, 5.74) is 0.869. The van der Waals surface area contributed by atoms with Crippen LogP contribution < -0.4 is 0 Å². The van der Waals surface area contributed by atoms with Crippen LogP contribution in [0.3, 0.4) is 0 Å². The zero-order chi connectivity index (χ0) is 30.7. The largest absolute Gasteiger partial charge is 0.455 e. The second-order valence-corrected chi connectivity index (χ2v) is 13.9. The number of aliphatic hydroxyl groups excluding tert-OH is 2. The van der Waals surface area contributed by atoms with Crippen LogP contribution in [0.1, 0.15) is 174 Å². The average Bonchev–Trinajstić information content (AvgIpc) is 3.75. The first-order valence-corrected chi connectivity index (χ1v) is 18.6. The predicted molar refractivity (Wildman–Crippen MR) is 174 cm³/mol. The van der Waals surface area contributed by atoms with Crippen molar-refractivity contribution in [1.82, 2.24) is 0 Å². The molecule has 0 amide bonds. The van der Waals surface area contributed by atoms with E-state index in [9.17, 15) is 15.0 Å². The molecule has 0 aliphatic carbocycles. The summed E-state index contributed by atoms with van der Waals surface area (Å²) in [7, 11) is 0. The zero-order valence-corrected chi connectivity index (χ0v) is 27.8. The number of hydrogen-bond acceptors (Lipinski definition) is 6. The third-order valence-electron chi connectivity index (χ3n) is 9.98. The lowest BCUT2D eigenvalue weighted by molar-refractivity contribution is -0.139. The van der Waals surface area contributed by atoms with Crippen LogP contribution in [0, 0.1) is 0 Å². The Kier molecular flexibility index (Phi) is 18.5. The minimum absolute atomic E-state index is 0.0466. The number of carbonyl (C=O) groups is 1. The van der Waals surface area contributed by atoms with Crippen LogP contribution in [0.4, 0.5) is 0 Å². The van der Waals surface area contributed by atoms with Gasteiger partial charge in [0.2, 0.25) is 0 Å². The Balaban J connectivity index is 1.12. The summed E-state index contributed by atoms with van der Waals surface area (Å²) in [6.07, 6.45) is 29.9. The number of hydrogen-bond donors (Lipinski definition) is 2. The molecule has 3 aliphatic rings. The molecule has 2 unspecified atom stereocenters. The van der Waals surface area contributed by atoms with Crippen molar-refractivity contribution in [2.75, 3.05) is 0 Å². The summed E-state index contributed by atoms with van der Waals surface area (Å²) < 4.78 is 17.7. The van der Waals surface area contributed by atoms with Gasteiger partial charge in [-0.05, 0) is 64.4 Å². The molecule has 2 saturated heterocycles. The van der Waals surface area contributed by atoms with Crippen LogP contribution in [-0.2, 0) is 19.0 Å². The summed E-state index contributed by atoms with van der Waals surface area (Å²) in [4.78, 5) is 11.6. The normalized spacial score (nSPS) is 27.0. The van der Waals surface area contributed by atoms with Gasteiger partial charge in [0.15, 0.2) is 0 Å². The number of aliphatic hydroxyl groups is 2. The molecular formula is C37H66O6. The van der Waals surface area contributed by atoms with E-state index in [1.165, 1.54) is 96.3 Å². The van der Waals surface area contributed by atoms with Crippen LogP contribution >= 0.6 is 0 Å². The van der Waals surface area contributed by atoms with Crippen LogP contribution in [0.25, 0.3) is 0 Å². The van der Waals surface area contributed by atoms with E-state index in [1.807, 2.05) is 13.0 Å². The van der Waals surface area contributed by atoms with Gasteiger partial charge in [-0.25, -0.2) is 4.79 Å². The first-order valence-electron chi connectivity index (χ1n) is 18.6. The predicted octanol–water partition coefficient (Wildman–Crippen LogP) is 8.89. The molecule has 6 nitrogen and oxygen atoms in total. The molecule has 250 valence electrons. The summed E-state index contributed by atoms with van der Waals surface area (Å²) in [5, 5.41) is 21.4. The molecule has 3 heterocycles. The molecule has 0 spiro atoms. The van der Waals surface area contributed by atoms with E-state index in [0.29, 0.717) is 0 Å². The fourth-order valence-electron chi connectivity index (χ4n) is 7.25. The maximum atomic E-state index is 11.6. The molecule has 0 radical (unpaired) electrons.